The van der Waals surface area contributed by atoms with E-state index in [0.29, 0.717) is 0 Å². The molecule has 1 fully saturated rings. The van der Waals surface area contributed by atoms with E-state index in [-0.39, 0.29) is 5.88 Å². The molecule has 8 heteroatoms. The lowest BCUT2D eigenvalue weighted by Gasteiger charge is -2.39. The van der Waals surface area contributed by atoms with E-state index in [9.17, 15) is 14.7 Å². The van der Waals surface area contributed by atoms with Crippen LogP contribution < -0.4 is 11.2 Å². The van der Waals surface area contributed by atoms with Gasteiger partial charge in [0.05, 0.1) is 5.88 Å². The molecule has 1 aliphatic heterocycles. The van der Waals surface area contributed by atoms with E-state index in [1.165, 1.54) is 16.8 Å². The molecule has 36 heavy (non-hydrogen) atoms. The maximum Gasteiger partial charge on any atom is 0.330 e. The Morgan fingerprint density at radius 1 is 0.861 bits per heavy atom. The first kappa shape index (κ1) is 24.2. The van der Waals surface area contributed by atoms with Crippen molar-refractivity contribution in [3.63, 3.8) is 0 Å². The van der Waals surface area contributed by atoms with Crippen LogP contribution in [0.4, 0.5) is 0 Å². The third-order valence-corrected chi connectivity index (χ3v) is 6.75. The van der Waals surface area contributed by atoms with Crippen molar-refractivity contribution in [1.29, 1.82) is 0 Å². The van der Waals surface area contributed by atoms with Gasteiger partial charge in [0.25, 0.3) is 5.56 Å². The van der Waals surface area contributed by atoms with Crippen LogP contribution in [0.1, 0.15) is 22.9 Å². The van der Waals surface area contributed by atoms with Gasteiger partial charge in [-0.15, -0.1) is 11.6 Å². The van der Waals surface area contributed by atoms with E-state index < -0.39 is 41.4 Å². The Bertz CT molecular complexity index is 1310. The summed E-state index contributed by atoms with van der Waals surface area (Å²) in [6.07, 6.45) is -2.66. The number of benzene rings is 3. The van der Waals surface area contributed by atoms with Gasteiger partial charge < -0.3 is 14.6 Å². The number of H-pyrrole nitrogens is 1. The molecule has 4 aromatic rings. The molecule has 0 spiro atoms. The number of hydrogen-bond acceptors (Lipinski definition) is 5. The Morgan fingerprint density at radius 2 is 1.36 bits per heavy atom. The lowest BCUT2D eigenvalue weighted by atomic mass is 9.79. The monoisotopic (exact) mass is 504 g/mol. The molecule has 0 bridgehead atoms. The number of nitrogens with one attached hydrogen (secondary N) is 1. The molecule has 2 heterocycles. The number of hydrogen-bond donors (Lipinski definition) is 2. The largest absolute Gasteiger partial charge is 0.387 e. The van der Waals surface area contributed by atoms with Gasteiger partial charge in [-0.3, -0.25) is 14.3 Å². The second-order valence-electron chi connectivity index (χ2n) is 8.59. The van der Waals surface area contributed by atoms with Gasteiger partial charge in [-0.25, -0.2) is 4.79 Å². The highest BCUT2D eigenvalue weighted by Crippen LogP contribution is 2.45. The summed E-state index contributed by atoms with van der Waals surface area (Å²) < 4.78 is 14.2. The second kappa shape index (κ2) is 10.2. The Balaban J connectivity index is 1.73. The van der Waals surface area contributed by atoms with E-state index in [1.807, 2.05) is 91.0 Å². The maximum absolute atomic E-state index is 12.7. The van der Waals surface area contributed by atoms with E-state index in [1.54, 1.807) is 0 Å². The molecule has 1 aliphatic rings. The molecule has 0 aliphatic carbocycles. The number of halogens is 1. The molecule has 3 aromatic carbocycles. The van der Waals surface area contributed by atoms with Gasteiger partial charge >= 0.3 is 5.69 Å². The van der Waals surface area contributed by atoms with Crippen molar-refractivity contribution in [1.82, 2.24) is 9.55 Å². The van der Waals surface area contributed by atoms with Crippen molar-refractivity contribution in [3.05, 3.63) is 141 Å². The number of aromatic amines is 1. The minimum Gasteiger partial charge on any atom is -0.387 e. The lowest BCUT2D eigenvalue weighted by molar-refractivity contribution is -0.123. The fourth-order valence-electron chi connectivity index (χ4n) is 4.75. The average Bonchev–Trinajstić information content (AvgIpc) is 3.23. The summed E-state index contributed by atoms with van der Waals surface area (Å²) in [4.78, 5) is 26.6. The fourth-order valence-corrected chi connectivity index (χ4v) is 5.01. The van der Waals surface area contributed by atoms with Gasteiger partial charge in [-0.1, -0.05) is 91.0 Å². The van der Waals surface area contributed by atoms with Crippen molar-refractivity contribution < 1.29 is 14.6 Å². The van der Waals surface area contributed by atoms with Gasteiger partial charge in [0, 0.05) is 12.3 Å². The Morgan fingerprint density at radius 3 is 1.81 bits per heavy atom. The zero-order valence-electron chi connectivity index (χ0n) is 19.2. The molecule has 5 rings (SSSR count). The van der Waals surface area contributed by atoms with Crippen molar-refractivity contribution in [3.8, 4) is 0 Å². The first-order valence-electron chi connectivity index (χ1n) is 11.6. The van der Waals surface area contributed by atoms with Gasteiger partial charge in [0.1, 0.15) is 23.9 Å². The molecule has 184 valence electrons. The zero-order chi connectivity index (χ0) is 25.1. The van der Waals surface area contributed by atoms with Gasteiger partial charge in [0.2, 0.25) is 0 Å². The van der Waals surface area contributed by atoms with E-state index >= 15 is 0 Å². The highest BCUT2D eigenvalue weighted by Gasteiger charge is 2.51. The first-order chi connectivity index (χ1) is 17.5. The maximum atomic E-state index is 12.7. The van der Waals surface area contributed by atoms with Gasteiger partial charge in [-0.05, 0) is 16.7 Å². The third-order valence-electron chi connectivity index (χ3n) is 6.44. The number of aliphatic hydroxyl groups is 1. The van der Waals surface area contributed by atoms with Crippen LogP contribution in [0.15, 0.2) is 113 Å². The minimum absolute atomic E-state index is 0.00928. The van der Waals surface area contributed by atoms with Gasteiger partial charge in [-0.2, -0.15) is 0 Å². The SMILES string of the molecule is O=c1ccn([C@@H]2O[C@H](CCl)[C@@H](O)[C@H]2OC(c2ccccc2)(c2ccccc2)c2ccccc2)c(=O)[nH]1. The summed E-state index contributed by atoms with van der Waals surface area (Å²) in [7, 11) is 0. The summed E-state index contributed by atoms with van der Waals surface area (Å²) >= 11 is 6.12. The summed E-state index contributed by atoms with van der Waals surface area (Å²) in [5.41, 5.74) is 0.121. The molecule has 7 nitrogen and oxygen atoms in total. The Hall–Kier alpha value is -3.49. The van der Waals surface area contributed by atoms with Crippen LogP contribution in [-0.4, -0.2) is 38.8 Å². The predicted molar refractivity (Wildman–Crippen MR) is 136 cm³/mol. The van der Waals surface area contributed by atoms with Crippen LogP contribution in [0.25, 0.3) is 0 Å². The standard InChI is InChI=1S/C28H25ClN2O5/c29-18-22-24(33)25(26(35-22)31-17-16-23(32)30-27(31)34)36-28(19-10-4-1-5-11-19,20-12-6-2-7-13-20)21-14-8-3-9-15-21/h1-17,22,24-26,33H,18H2,(H,30,32,34)/t22-,24-,25-,26-/m1/s1. The third kappa shape index (κ3) is 4.31. The van der Waals surface area contributed by atoms with E-state index in [4.69, 9.17) is 21.1 Å². The molecule has 1 saturated heterocycles. The Labute approximate surface area is 212 Å². The number of ether oxygens (including phenoxy) is 2. The predicted octanol–water partition coefficient (Wildman–Crippen LogP) is 3.41. The summed E-state index contributed by atoms with van der Waals surface area (Å²) in [5, 5.41) is 11.3. The van der Waals surface area contributed by atoms with Crippen LogP contribution >= 0.6 is 11.6 Å². The Kier molecular flexibility index (Phi) is 6.89. The normalized spacial score (nSPS) is 21.9. The number of aromatic nitrogens is 2. The molecule has 0 amide bonds. The smallest absolute Gasteiger partial charge is 0.330 e. The quantitative estimate of drug-likeness (QED) is 0.297. The van der Waals surface area contributed by atoms with E-state index in [2.05, 4.69) is 4.98 Å². The summed E-state index contributed by atoms with van der Waals surface area (Å²) in [6.45, 7) is 0. The zero-order valence-corrected chi connectivity index (χ0v) is 20.0. The lowest BCUT2D eigenvalue weighted by Crippen LogP contribution is -2.45. The second-order valence-corrected chi connectivity index (χ2v) is 8.90. The number of alkyl halides is 1. The van der Waals surface area contributed by atoms with E-state index in [0.717, 1.165) is 16.7 Å². The number of nitrogens with zero attached hydrogens (tertiary/aromatic N) is 1. The molecule has 2 N–H and O–H groups in total. The van der Waals surface area contributed by atoms with Crippen LogP contribution in [0, 0.1) is 0 Å². The number of rotatable bonds is 7. The highest BCUT2D eigenvalue weighted by atomic mass is 35.5. The summed E-state index contributed by atoms with van der Waals surface area (Å²) in [6, 6.07) is 30.3. The molecule has 0 radical (unpaired) electrons. The van der Waals surface area contributed by atoms with Crippen molar-refractivity contribution in [2.75, 3.05) is 5.88 Å². The van der Waals surface area contributed by atoms with Crippen molar-refractivity contribution >= 4 is 11.6 Å². The van der Waals surface area contributed by atoms with Crippen LogP contribution in [-0.2, 0) is 15.1 Å². The van der Waals surface area contributed by atoms with Crippen LogP contribution in [0.2, 0.25) is 0 Å². The molecular formula is C28H25ClN2O5. The molecule has 0 saturated carbocycles. The van der Waals surface area contributed by atoms with Crippen molar-refractivity contribution in [2.45, 2.75) is 30.1 Å². The van der Waals surface area contributed by atoms with Crippen LogP contribution in [0.3, 0.4) is 0 Å². The summed E-state index contributed by atoms with van der Waals surface area (Å²) in [5.74, 6) is -0.00928. The minimum atomic E-state index is -1.16. The van der Waals surface area contributed by atoms with Crippen molar-refractivity contribution in [2.24, 2.45) is 0 Å². The number of aliphatic hydroxyl groups excluding tert-OH is 1. The molecular weight excluding hydrogens is 480 g/mol. The van der Waals surface area contributed by atoms with Crippen LogP contribution in [0.5, 0.6) is 0 Å². The molecule has 0 unspecified atom stereocenters. The molecule has 4 atom stereocenters. The topological polar surface area (TPSA) is 93.5 Å². The fraction of sp³-hybridized carbons (Fsp3) is 0.214. The average molecular weight is 505 g/mol. The first-order valence-corrected chi connectivity index (χ1v) is 12.1. The highest BCUT2D eigenvalue weighted by molar-refractivity contribution is 6.18. The van der Waals surface area contributed by atoms with Gasteiger partial charge in [0.15, 0.2) is 6.23 Å². The molecule has 1 aromatic heterocycles.